The Morgan fingerprint density at radius 3 is 2.80 bits per heavy atom. The van der Waals surface area contributed by atoms with Crippen molar-refractivity contribution in [2.45, 2.75) is 51.5 Å². The molecule has 0 aliphatic rings. The molecule has 0 saturated carbocycles. The molecule has 86 valence electrons. The van der Waals surface area contributed by atoms with Gasteiger partial charge >= 0.3 is 0 Å². The van der Waals surface area contributed by atoms with Gasteiger partial charge in [0.15, 0.2) is 0 Å². The van der Waals surface area contributed by atoms with Gasteiger partial charge in [-0.2, -0.15) is 0 Å². The summed E-state index contributed by atoms with van der Waals surface area (Å²) in [6.07, 6.45) is 9.56. The Morgan fingerprint density at radius 2 is 2.20 bits per heavy atom. The summed E-state index contributed by atoms with van der Waals surface area (Å²) in [4.78, 5) is 5.32. The molecule has 0 saturated heterocycles. The maximum atomic E-state index is 5.53. The molecule has 1 unspecified atom stereocenters. The molecular weight excluding hydrogens is 206 g/mol. The van der Waals surface area contributed by atoms with Crippen molar-refractivity contribution in [2.75, 3.05) is 0 Å². The number of hydrogen-bond acceptors (Lipinski definition) is 4. The Hall–Kier alpha value is -0.450. The predicted molar refractivity (Wildman–Crippen MR) is 65.6 cm³/mol. The first-order valence-corrected chi connectivity index (χ1v) is 6.61. The van der Waals surface area contributed by atoms with Gasteiger partial charge in [0.1, 0.15) is 0 Å². The van der Waals surface area contributed by atoms with Crippen molar-refractivity contribution < 1.29 is 0 Å². The monoisotopic (exact) mass is 227 g/mol. The number of unbranched alkanes of at least 4 members (excludes halogenated alkanes) is 4. The van der Waals surface area contributed by atoms with E-state index < -0.39 is 0 Å². The van der Waals surface area contributed by atoms with Crippen LogP contribution in [0, 0.1) is 0 Å². The zero-order chi connectivity index (χ0) is 10.9. The van der Waals surface area contributed by atoms with Crippen LogP contribution in [-0.4, -0.2) is 4.98 Å². The van der Waals surface area contributed by atoms with Crippen LogP contribution < -0.4 is 11.3 Å². The van der Waals surface area contributed by atoms with Crippen LogP contribution in [0.5, 0.6) is 0 Å². The van der Waals surface area contributed by atoms with E-state index in [1.54, 1.807) is 11.3 Å². The van der Waals surface area contributed by atoms with Crippen molar-refractivity contribution in [3.05, 3.63) is 16.6 Å². The first-order chi connectivity index (χ1) is 7.38. The molecule has 3 nitrogen and oxygen atoms in total. The summed E-state index contributed by atoms with van der Waals surface area (Å²) < 4.78 is 0. The highest BCUT2D eigenvalue weighted by Crippen LogP contribution is 2.22. The SMILES string of the molecule is CCCCCCCC(NN)c1cncs1. The summed E-state index contributed by atoms with van der Waals surface area (Å²) in [7, 11) is 0. The number of thiazole rings is 1. The van der Waals surface area contributed by atoms with E-state index in [4.69, 9.17) is 5.84 Å². The number of nitrogens with zero attached hydrogens (tertiary/aromatic N) is 1. The highest BCUT2D eigenvalue weighted by molar-refractivity contribution is 7.09. The lowest BCUT2D eigenvalue weighted by Crippen LogP contribution is -2.27. The van der Waals surface area contributed by atoms with Gasteiger partial charge in [-0.15, -0.1) is 11.3 Å². The van der Waals surface area contributed by atoms with Gasteiger partial charge in [0.2, 0.25) is 0 Å². The van der Waals surface area contributed by atoms with Crippen LogP contribution in [0.4, 0.5) is 0 Å². The Labute approximate surface area is 96.1 Å². The number of nitrogens with one attached hydrogen (secondary N) is 1. The minimum atomic E-state index is 0.291. The zero-order valence-corrected chi connectivity index (χ0v) is 10.2. The lowest BCUT2D eigenvalue weighted by molar-refractivity contribution is 0.484. The van der Waals surface area contributed by atoms with Gasteiger partial charge in [0.25, 0.3) is 0 Å². The van der Waals surface area contributed by atoms with Crippen molar-refractivity contribution in [1.82, 2.24) is 10.4 Å². The van der Waals surface area contributed by atoms with Gasteiger partial charge < -0.3 is 0 Å². The molecule has 1 aromatic rings. The van der Waals surface area contributed by atoms with Crippen LogP contribution in [-0.2, 0) is 0 Å². The molecule has 1 aromatic heterocycles. The number of nitrogens with two attached hydrogens (primary N) is 1. The quantitative estimate of drug-likeness (QED) is 0.408. The largest absolute Gasteiger partial charge is 0.271 e. The van der Waals surface area contributed by atoms with Crippen molar-refractivity contribution in [3.8, 4) is 0 Å². The Bertz CT molecular complexity index is 236. The molecule has 4 heteroatoms. The number of hydrogen-bond donors (Lipinski definition) is 2. The van der Waals surface area contributed by atoms with Crippen LogP contribution in [0.2, 0.25) is 0 Å². The maximum Gasteiger partial charge on any atom is 0.0794 e. The third-order valence-corrected chi connectivity index (χ3v) is 3.48. The van der Waals surface area contributed by atoms with Crippen molar-refractivity contribution >= 4 is 11.3 Å². The molecule has 1 rings (SSSR count). The summed E-state index contributed by atoms with van der Waals surface area (Å²) in [5.74, 6) is 5.53. The zero-order valence-electron chi connectivity index (χ0n) is 9.41. The molecule has 0 radical (unpaired) electrons. The molecule has 0 aliphatic carbocycles. The van der Waals surface area contributed by atoms with E-state index in [9.17, 15) is 0 Å². The average molecular weight is 227 g/mol. The van der Waals surface area contributed by atoms with Crippen LogP contribution in [0.3, 0.4) is 0 Å². The van der Waals surface area contributed by atoms with E-state index in [1.165, 1.54) is 37.0 Å². The lowest BCUT2D eigenvalue weighted by Gasteiger charge is -2.13. The molecule has 1 heterocycles. The maximum absolute atomic E-state index is 5.53. The van der Waals surface area contributed by atoms with Crippen molar-refractivity contribution in [3.63, 3.8) is 0 Å². The second-order valence-electron chi connectivity index (χ2n) is 3.83. The number of hydrazine groups is 1. The van der Waals surface area contributed by atoms with E-state index in [-0.39, 0.29) is 0 Å². The molecule has 0 spiro atoms. The summed E-state index contributed by atoms with van der Waals surface area (Å²) in [6, 6.07) is 0.291. The molecule has 0 amide bonds. The lowest BCUT2D eigenvalue weighted by atomic mass is 10.1. The highest BCUT2D eigenvalue weighted by Gasteiger charge is 2.10. The standard InChI is InChI=1S/C11H21N3S/c1-2-3-4-5-6-7-10(14-12)11-8-13-9-15-11/h8-10,14H,2-7,12H2,1H3. The topological polar surface area (TPSA) is 50.9 Å². The summed E-state index contributed by atoms with van der Waals surface area (Å²) in [5, 5.41) is 0. The van der Waals surface area contributed by atoms with Gasteiger partial charge in [-0.25, -0.2) is 0 Å². The van der Waals surface area contributed by atoms with E-state index in [2.05, 4.69) is 17.3 Å². The minimum Gasteiger partial charge on any atom is -0.271 e. The number of aromatic nitrogens is 1. The highest BCUT2D eigenvalue weighted by atomic mass is 32.1. The molecule has 0 aliphatic heterocycles. The second kappa shape index (κ2) is 7.79. The van der Waals surface area contributed by atoms with Gasteiger partial charge in [0, 0.05) is 11.1 Å². The van der Waals surface area contributed by atoms with Crippen LogP contribution in [0.15, 0.2) is 11.7 Å². The summed E-state index contributed by atoms with van der Waals surface area (Å²) >= 11 is 1.67. The van der Waals surface area contributed by atoms with E-state index in [1.807, 2.05) is 11.7 Å². The van der Waals surface area contributed by atoms with Gasteiger partial charge in [-0.3, -0.25) is 16.3 Å². The van der Waals surface area contributed by atoms with Crippen LogP contribution in [0.1, 0.15) is 56.4 Å². The fourth-order valence-corrected chi connectivity index (χ4v) is 2.37. The smallest absolute Gasteiger partial charge is 0.0794 e. The Kier molecular flexibility index (Phi) is 6.55. The first-order valence-electron chi connectivity index (χ1n) is 5.73. The van der Waals surface area contributed by atoms with Crippen LogP contribution >= 0.6 is 11.3 Å². The average Bonchev–Trinajstić information content (AvgIpc) is 2.77. The number of rotatable bonds is 8. The summed E-state index contributed by atoms with van der Waals surface area (Å²) in [6.45, 7) is 2.24. The summed E-state index contributed by atoms with van der Waals surface area (Å²) in [5.41, 5.74) is 4.72. The second-order valence-corrected chi connectivity index (χ2v) is 4.74. The fourth-order valence-electron chi connectivity index (χ4n) is 1.66. The Balaban J connectivity index is 2.18. The van der Waals surface area contributed by atoms with Gasteiger partial charge in [-0.1, -0.05) is 39.0 Å². The van der Waals surface area contributed by atoms with Crippen LogP contribution in [0.25, 0.3) is 0 Å². The molecule has 15 heavy (non-hydrogen) atoms. The first kappa shape index (κ1) is 12.6. The third kappa shape index (κ3) is 4.73. The van der Waals surface area contributed by atoms with E-state index >= 15 is 0 Å². The molecule has 3 N–H and O–H groups in total. The van der Waals surface area contributed by atoms with Crippen molar-refractivity contribution in [1.29, 1.82) is 0 Å². The molecule has 0 aromatic carbocycles. The minimum absolute atomic E-state index is 0.291. The fraction of sp³-hybridized carbons (Fsp3) is 0.727. The molecular formula is C11H21N3S. The molecule has 1 atom stereocenters. The van der Waals surface area contributed by atoms with Gasteiger partial charge in [0.05, 0.1) is 11.6 Å². The molecule has 0 bridgehead atoms. The van der Waals surface area contributed by atoms with E-state index in [0.29, 0.717) is 6.04 Å². The molecule has 0 fully saturated rings. The third-order valence-electron chi connectivity index (χ3n) is 2.59. The van der Waals surface area contributed by atoms with E-state index in [0.717, 1.165) is 6.42 Å². The Morgan fingerprint density at radius 1 is 1.40 bits per heavy atom. The van der Waals surface area contributed by atoms with Crippen molar-refractivity contribution in [2.24, 2.45) is 5.84 Å². The van der Waals surface area contributed by atoms with Gasteiger partial charge in [-0.05, 0) is 6.42 Å². The normalized spacial score (nSPS) is 12.9. The predicted octanol–water partition coefficient (Wildman–Crippen LogP) is 3.01.